The summed E-state index contributed by atoms with van der Waals surface area (Å²) in [6.07, 6.45) is -7.13. The molecule has 1 atom stereocenters. The van der Waals surface area contributed by atoms with Gasteiger partial charge in [0.2, 0.25) is 0 Å². The largest absolute Gasteiger partial charge is 0.389 e. The highest BCUT2D eigenvalue weighted by Gasteiger charge is 2.87. The van der Waals surface area contributed by atoms with Crippen LogP contribution >= 0.6 is 0 Å². The molecule has 0 amide bonds. The molecule has 1 N–H and O–H groups in total. The molecule has 0 saturated carbocycles. The van der Waals surface area contributed by atoms with Gasteiger partial charge in [-0.05, 0) is 0 Å². The van der Waals surface area contributed by atoms with Gasteiger partial charge >= 0.3 is 36.0 Å². The van der Waals surface area contributed by atoms with Crippen LogP contribution in [0.15, 0.2) is 0 Å². The highest BCUT2D eigenvalue weighted by atomic mass is 19.4. The monoisotopic (exact) mass is 475 g/mol. The molecule has 0 bridgehead atoms. The predicted molar refractivity (Wildman–Crippen MR) is 74.8 cm³/mol. The van der Waals surface area contributed by atoms with Crippen LogP contribution < -0.4 is 0 Å². The maximum absolute atomic E-state index is 13.5. The molecule has 30 heavy (non-hydrogen) atoms. The van der Waals surface area contributed by atoms with Gasteiger partial charge in [0.25, 0.3) is 0 Å². The molecule has 0 aliphatic carbocycles. The maximum Gasteiger partial charge on any atom is 0.384 e. The highest BCUT2D eigenvalue weighted by molar-refractivity contribution is 5.09. The quantitative estimate of drug-likeness (QED) is 0.467. The third kappa shape index (κ3) is 5.07. The second-order valence-electron chi connectivity index (χ2n) is 6.43. The molecule has 1 heterocycles. The molecule has 16 heteroatoms. The zero-order valence-electron chi connectivity index (χ0n) is 14.9. The van der Waals surface area contributed by atoms with E-state index in [0.717, 1.165) is 0 Å². The average Bonchev–Trinajstić information content (AvgIpc) is 2.61. The Labute approximate surface area is 161 Å². The minimum absolute atomic E-state index is 0.222. The fourth-order valence-corrected chi connectivity index (χ4v) is 2.32. The van der Waals surface area contributed by atoms with Crippen molar-refractivity contribution in [1.29, 1.82) is 0 Å². The van der Waals surface area contributed by atoms with Crippen LogP contribution in [0.1, 0.15) is 0 Å². The Morgan fingerprint density at radius 1 is 0.833 bits per heavy atom. The van der Waals surface area contributed by atoms with Gasteiger partial charge < -0.3 is 14.6 Å². The number of ether oxygens (including phenoxy) is 2. The Kier molecular flexibility index (Phi) is 8.33. The molecule has 180 valence electrons. The second kappa shape index (κ2) is 9.24. The second-order valence-corrected chi connectivity index (χ2v) is 6.43. The summed E-state index contributed by atoms with van der Waals surface area (Å²) in [4.78, 5) is 1.55. The lowest BCUT2D eigenvalue weighted by atomic mass is 9.94. The van der Waals surface area contributed by atoms with Gasteiger partial charge in [-0.3, -0.25) is 4.90 Å². The van der Waals surface area contributed by atoms with E-state index in [2.05, 4.69) is 4.74 Å². The van der Waals surface area contributed by atoms with E-state index < -0.39 is 55.4 Å². The van der Waals surface area contributed by atoms with E-state index >= 15 is 0 Å². The molecule has 1 unspecified atom stereocenters. The molecule has 1 fully saturated rings. The first-order chi connectivity index (χ1) is 13.4. The third-order valence-corrected chi connectivity index (χ3v) is 4.11. The minimum atomic E-state index is -7.58. The molecule has 1 saturated heterocycles. The summed E-state index contributed by atoms with van der Waals surface area (Å²) >= 11 is 0. The third-order valence-electron chi connectivity index (χ3n) is 4.11. The van der Waals surface area contributed by atoms with E-state index in [-0.39, 0.29) is 19.8 Å². The van der Waals surface area contributed by atoms with Crippen molar-refractivity contribution in [2.24, 2.45) is 0 Å². The molecule has 1 rings (SSSR count). The first-order valence-electron chi connectivity index (χ1n) is 8.15. The van der Waals surface area contributed by atoms with Crippen LogP contribution in [-0.2, 0) is 9.47 Å². The molecule has 0 aromatic carbocycles. The normalized spacial score (nSPS) is 19.4. The van der Waals surface area contributed by atoms with Gasteiger partial charge in [0.1, 0.15) is 6.61 Å². The van der Waals surface area contributed by atoms with Gasteiger partial charge in [-0.15, -0.1) is 0 Å². The lowest BCUT2D eigenvalue weighted by Crippen LogP contribution is -2.69. The number of aliphatic hydroxyl groups is 1. The van der Waals surface area contributed by atoms with Crippen LogP contribution in [0.2, 0.25) is 0 Å². The molecular formula is C14H17F12NO3. The van der Waals surface area contributed by atoms with Crippen LogP contribution in [0.4, 0.5) is 52.7 Å². The summed E-state index contributed by atoms with van der Waals surface area (Å²) in [5, 5.41) is 9.57. The fourth-order valence-electron chi connectivity index (χ4n) is 2.32. The summed E-state index contributed by atoms with van der Waals surface area (Å²) in [6.45, 7) is -2.88. The van der Waals surface area contributed by atoms with E-state index in [0.29, 0.717) is 13.1 Å². The molecule has 0 spiro atoms. The Balaban J connectivity index is 2.82. The van der Waals surface area contributed by atoms with Crippen molar-refractivity contribution in [2.75, 3.05) is 46.1 Å². The van der Waals surface area contributed by atoms with Gasteiger partial charge in [-0.1, -0.05) is 0 Å². The van der Waals surface area contributed by atoms with Crippen LogP contribution in [0.25, 0.3) is 0 Å². The lowest BCUT2D eigenvalue weighted by molar-refractivity contribution is -0.415. The highest BCUT2D eigenvalue weighted by Crippen LogP contribution is 2.58. The van der Waals surface area contributed by atoms with Crippen molar-refractivity contribution in [3.8, 4) is 0 Å². The van der Waals surface area contributed by atoms with Gasteiger partial charge in [0.15, 0.2) is 0 Å². The van der Waals surface area contributed by atoms with Crippen molar-refractivity contribution in [2.45, 2.75) is 42.1 Å². The van der Waals surface area contributed by atoms with E-state index in [1.54, 1.807) is 4.90 Å². The number of morpholine rings is 1. The zero-order valence-corrected chi connectivity index (χ0v) is 14.9. The van der Waals surface area contributed by atoms with Crippen molar-refractivity contribution in [3.05, 3.63) is 0 Å². The Hall–Kier alpha value is -1.00. The number of hydrogen-bond donors (Lipinski definition) is 1. The number of aliphatic hydroxyl groups excluding tert-OH is 1. The standard InChI is InChI=1S/C14H17F12NO3/c15-9(16)11(19,20)13(23,24)14(25,26)12(21,22)10(17,18)7-30-6-8(28)5-27-1-3-29-4-2-27/h8-9,28H,1-7H2. The number of nitrogens with zero attached hydrogens (tertiary/aromatic N) is 1. The van der Waals surface area contributed by atoms with Crippen LogP contribution in [0, 0.1) is 0 Å². The summed E-state index contributed by atoms with van der Waals surface area (Å²) < 4.78 is 165. The Bertz CT molecular complexity index is 554. The zero-order chi connectivity index (χ0) is 23.6. The number of rotatable bonds is 11. The van der Waals surface area contributed by atoms with Crippen LogP contribution in [-0.4, -0.2) is 98.2 Å². The van der Waals surface area contributed by atoms with E-state index in [1.165, 1.54) is 0 Å². The maximum atomic E-state index is 13.5. The Morgan fingerprint density at radius 3 is 1.80 bits per heavy atom. The van der Waals surface area contributed by atoms with Gasteiger partial charge in [0.05, 0.1) is 25.9 Å². The van der Waals surface area contributed by atoms with E-state index in [9.17, 15) is 57.8 Å². The van der Waals surface area contributed by atoms with Crippen LogP contribution in [0.3, 0.4) is 0 Å². The molecule has 1 aliphatic rings. The number of alkyl halides is 12. The first kappa shape index (κ1) is 27.0. The molecule has 4 nitrogen and oxygen atoms in total. The van der Waals surface area contributed by atoms with E-state index in [4.69, 9.17) is 4.74 Å². The predicted octanol–water partition coefficient (Wildman–Crippen LogP) is 3.14. The summed E-state index contributed by atoms with van der Waals surface area (Å²) in [5.41, 5.74) is 0. The lowest BCUT2D eigenvalue weighted by Gasteiger charge is -2.39. The number of hydrogen-bond acceptors (Lipinski definition) is 4. The van der Waals surface area contributed by atoms with Gasteiger partial charge in [0, 0.05) is 19.6 Å². The summed E-state index contributed by atoms with van der Waals surface area (Å²) in [7, 11) is 0. The molecule has 0 aromatic rings. The van der Waals surface area contributed by atoms with Crippen LogP contribution in [0.5, 0.6) is 0 Å². The van der Waals surface area contributed by atoms with Gasteiger partial charge in [-0.2, -0.15) is 43.9 Å². The van der Waals surface area contributed by atoms with Crippen molar-refractivity contribution < 1.29 is 67.3 Å². The summed E-state index contributed by atoms with van der Waals surface area (Å²) in [5.74, 6) is -35.5. The van der Waals surface area contributed by atoms with E-state index in [1.807, 2.05) is 0 Å². The van der Waals surface area contributed by atoms with Crippen molar-refractivity contribution in [3.63, 3.8) is 0 Å². The first-order valence-corrected chi connectivity index (χ1v) is 8.15. The molecular weight excluding hydrogens is 458 g/mol. The minimum Gasteiger partial charge on any atom is -0.389 e. The van der Waals surface area contributed by atoms with Crippen molar-refractivity contribution in [1.82, 2.24) is 4.90 Å². The SMILES string of the molecule is OC(COCC(F)(F)C(F)(F)C(F)(F)C(F)(F)C(F)(F)C(F)F)CN1CCOCC1. The molecule has 0 radical (unpaired) electrons. The summed E-state index contributed by atoms with van der Waals surface area (Å²) in [6, 6.07) is 0. The Morgan fingerprint density at radius 2 is 1.33 bits per heavy atom. The van der Waals surface area contributed by atoms with Gasteiger partial charge in [-0.25, -0.2) is 8.78 Å². The number of β-amino-alcohol motifs (C(OH)–C–C–N with tert-alkyl or cyclic N) is 1. The average molecular weight is 475 g/mol. The topological polar surface area (TPSA) is 41.9 Å². The smallest absolute Gasteiger partial charge is 0.384 e. The number of halogens is 12. The van der Waals surface area contributed by atoms with Crippen molar-refractivity contribution >= 4 is 0 Å². The molecule has 1 aliphatic heterocycles. The molecule has 0 aromatic heterocycles. The fraction of sp³-hybridized carbons (Fsp3) is 1.00.